The standard InChI is InChI=1S/C19H13F2N/c1-11-9-12-5-6-13(15(12)10-17(11)21)19-8-7-14-16(20)3-2-4-18(14)22-19/h2-4,6-10H,5H2,1H3. The molecule has 108 valence electrons. The van der Waals surface area contributed by atoms with Gasteiger partial charge in [0.2, 0.25) is 0 Å². The van der Waals surface area contributed by atoms with E-state index in [2.05, 4.69) is 11.1 Å². The number of aromatic nitrogens is 1. The Balaban J connectivity index is 1.87. The van der Waals surface area contributed by atoms with Gasteiger partial charge in [-0.25, -0.2) is 13.8 Å². The zero-order valence-corrected chi connectivity index (χ0v) is 12.0. The van der Waals surface area contributed by atoms with Gasteiger partial charge < -0.3 is 0 Å². The third kappa shape index (κ3) is 1.93. The van der Waals surface area contributed by atoms with Gasteiger partial charge in [0.1, 0.15) is 11.6 Å². The van der Waals surface area contributed by atoms with E-state index in [9.17, 15) is 8.78 Å². The first-order chi connectivity index (χ1) is 10.6. The van der Waals surface area contributed by atoms with E-state index in [-0.39, 0.29) is 11.6 Å². The van der Waals surface area contributed by atoms with E-state index in [0.717, 1.165) is 28.8 Å². The quantitative estimate of drug-likeness (QED) is 0.627. The Morgan fingerprint density at radius 3 is 2.73 bits per heavy atom. The van der Waals surface area contributed by atoms with Crippen molar-refractivity contribution in [2.75, 3.05) is 0 Å². The number of aryl methyl sites for hydroxylation is 1. The molecule has 1 aliphatic rings. The highest BCUT2D eigenvalue weighted by atomic mass is 19.1. The topological polar surface area (TPSA) is 12.9 Å². The van der Waals surface area contributed by atoms with E-state index in [1.54, 1.807) is 37.3 Å². The lowest BCUT2D eigenvalue weighted by Gasteiger charge is -2.08. The molecule has 0 saturated heterocycles. The number of halogens is 2. The number of fused-ring (bicyclic) bond motifs is 2. The first-order valence-corrected chi connectivity index (χ1v) is 7.19. The number of pyridine rings is 1. The Hall–Kier alpha value is -2.55. The summed E-state index contributed by atoms with van der Waals surface area (Å²) in [6.45, 7) is 1.77. The molecule has 1 nitrogen and oxygen atoms in total. The van der Waals surface area contributed by atoms with Gasteiger partial charge in [-0.1, -0.05) is 18.2 Å². The Morgan fingerprint density at radius 2 is 1.86 bits per heavy atom. The average molecular weight is 293 g/mol. The minimum absolute atomic E-state index is 0.210. The molecule has 3 aromatic rings. The molecule has 0 N–H and O–H groups in total. The van der Waals surface area contributed by atoms with Crippen molar-refractivity contribution >= 4 is 16.5 Å². The van der Waals surface area contributed by atoms with E-state index < -0.39 is 0 Å². The second kappa shape index (κ2) is 4.73. The zero-order valence-electron chi connectivity index (χ0n) is 12.0. The highest BCUT2D eigenvalue weighted by Crippen LogP contribution is 2.34. The normalized spacial score (nSPS) is 13.3. The third-order valence-electron chi connectivity index (χ3n) is 4.16. The molecule has 0 aliphatic heterocycles. The van der Waals surface area contributed by atoms with Gasteiger partial charge in [-0.3, -0.25) is 0 Å². The van der Waals surface area contributed by atoms with Crippen LogP contribution in [0.1, 0.15) is 22.4 Å². The first kappa shape index (κ1) is 13.1. The average Bonchev–Trinajstić information content (AvgIpc) is 2.90. The number of hydrogen-bond acceptors (Lipinski definition) is 1. The second-order valence-electron chi connectivity index (χ2n) is 5.58. The van der Waals surface area contributed by atoms with Crippen molar-refractivity contribution in [2.24, 2.45) is 0 Å². The van der Waals surface area contributed by atoms with Crippen molar-refractivity contribution in [3.8, 4) is 0 Å². The van der Waals surface area contributed by atoms with Crippen LogP contribution in [0.15, 0.2) is 48.5 Å². The molecule has 1 aromatic heterocycles. The van der Waals surface area contributed by atoms with Crippen LogP contribution in [0.4, 0.5) is 8.78 Å². The third-order valence-corrected chi connectivity index (χ3v) is 4.16. The Kier molecular flexibility index (Phi) is 2.83. The van der Waals surface area contributed by atoms with Gasteiger partial charge in [-0.05, 0) is 60.4 Å². The molecule has 22 heavy (non-hydrogen) atoms. The van der Waals surface area contributed by atoms with E-state index >= 15 is 0 Å². The molecule has 2 aromatic carbocycles. The van der Waals surface area contributed by atoms with Crippen LogP contribution >= 0.6 is 0 Å². The fraction of sp³-hybridized carbons (Fsp3) is 0.105. The summed E-state index contributed by atoms with van der Waals surface area (Å²) in [4.78, 5) is 4.54. The van der Waals surface area contributed by atoms with Crippen molar-refractivity contribution in [1.82, 2.24) is 4.98 Å². The van der Waals surface area contributed by atoms with E-state index in [1.165, 1.54) is 6.07 Å². The molecule has 0 saturated carbocycles. The zero-order chi connectivity index (χ0) is 15.3. The maximum absolute atomic E-state index is 13.9. The molecule has 0 atom stereocenters. The molecule has 1 aliphatic carbocycles. The Labute approximate surface area is 126 Å². The van der Waals surface area contributed by atoms with Crippen LogP contribution in [0.25, 0.3) is 16.5 Å². The minimum Gasteiger partial charge on any atom is -0.248 e. The van der Waals surface area contributed by atoms with Gasteiger partial charge in [0.15, 0.2) is 0 Å². The predicted octanol–water partition coefficient (Wildman–Crippen LogP) is 4.81. The molecule has 0 bridgehead atoms. The summed E-state index contributed by atoms with van der Waals surface area (Å²) in [6.07, 6.45) is 2.83. The van der Waals surface area contributed by atoms with Gasteiger partial charge >= 0.3 is 0 Å². The van der Waals surface area contributed by atoms with Gasteiger partial charge in [0, 0.05) is 11.0 Å². The van der Waals surface area contributed by atoms with E-state index in [4.69, 9.17) is 0 Å². The summed E-state index contributed by atoms with van der Waals surface area (Å²) in [5.74, 6) is -0.489. The van der Waals surface area contributed by atoms with Crippen molar-refractivity contribution < 1.29 is 8.78 Å². The van der Waals surface area contributed by atoms with Crippen LogP contribution in [-0.4, -0.2) is 4.98 Å². The van der Waals surface area contributed by atoms with Crippen molar-refractivity contribution in [3.63, 3.8) is 0 Å². The number of allylic oxidation sites excluding steroid dienone is 1. The van der Waals surface area contributed by atoms with E-state index in [1.807, 2.05) is 6.07 Å². The number of nitrogens with zero attached hydrogens (tertiary/aromatic N) is 1. The molecule has 4 rings (SSSR count). The fourth-order valence-electron chi connectivity index (χ4n) is 2.99. The van der Waals surface area contributed by atoms with Crippen molar-refractivity contribution in [3.05, 3.63) is 82.6 Å². The summed E-state index contributed by atoms with van der Waals surface area (Å²) in [6, 6.07) is 11.8. The Bertz CT molecular complexity index is 942. The van der Waals surface area contributed by atoms with Crippen LogP contribution in [0.2, 0.25) is 0 Å². The first-order valence-electron chi connectivity index (χ1n) is 7.19. The van der Waals surface area contributed by atoms with Crippen LogP contribution in [-0.2, 0) is 6.42 Å². The van der Waals surface area contributed by atoms with Crippen LogP contribution < -0.4 is 0 Å². The minimum atomic E-state index is -0.279. The molecule has 0 radical (unpaired) electrons. The molecule has 0 amide bonds. The SMILES string of the molecule is Cc1cc2c(cc1F)C(c1ccc3c(F)cccc3n1)=CC2. The van der Waals surface area contributed by atoms with Gasteiger partial charge in [-0.2, -0.15) is 0 Å². The van der Waals surface area contributed by atoms with Crippen molar-refractivity contribution in [2.45, 2.75) is 13.3 Å². The summed E-state index contributed by atoms with van der Waals surface area (Å²) < 4.78 is 27.6. The summed E-state index contributed by atoms with van der Waals surface area (Å²) in [5, 5.41) is 0.500. The lowest BCUT2D eigenvalue weighted by molar-refractivity contribution is 0.617. The number of hydrogen-bond donors (Lipinski definition) is 0. The van der Waals surface area contributed by atoms with Crippen molar-refractivity contribution in [1.29, 1.82) is 0 Å². The molecule has 0 unspecified atom stereocenters. The maximum Gasteiger partial charge on any atom is 0.132 e. The van der Waals surface area contributed by atoms with Crippen LogP contribution in [0.3, 0.4) is 0 Å². The summed E-state index contributed by atoms with van der Waals surface area (Å²) >= 11 is 0. The smallest absolute Gasteiger partial charge is 0.132 e. The highest BCUT2D eigenvalue weighted by Gasteiger charge is 2.19. The van der Waals surface area contributed by atoms with Gasteiger partial charge in [0.05, 0.1) is 11.2 Å². The second-order valence-corrected chi connectivity index (χ2v) is 5.58. The molecule has 0 spiro atoms. The maximum atomic E-state index is 13.9. The van der Waals surface area contributed by atoms with E-state index in [0.29, 0.717) is 16.5 Å². The largest absolute Gasteiger partial charge is 0.248 e. The number of rotatable bonds is 1. The fourth-order valence-corrected chi connectivity index (χ4v) is 2.99. The lowest BCUT2D eigenvalue weighted by atomic mass is 10.00. The molecular formula is C19H13F2N. The number of benzene rings is 2. The summed E-state index contributed by atoms with van der Waals surface area (Å²) in [5.41, 5.74) is 4.92. The van der Waals surface area contributed by atoms with Gasteiger partial charge in [0.25, 0.3) is 0 Å². The molecule has 0 fully saturated rings. The molecule has 1 heterocycles. The molecular weight excluding hydrogens is 280 g/mol. The summed E-state index contributed by atoms with van der Waals surface area (Å²) in [7, 11) is 0. The highest BCUT2D eigenvalue weighted by molar-refractivity contribution is 5.87. The Morgan fingerprint density at radius 1 is 1.00 bits per heavy atom. The van der Waals surface area contributed by atoms with Crippen LogP contribution in [0.5, 0.6) is 0 Å². The predicted molar refractivity (Wildman–Crippen MR) is 83.6 cm³/mol. The van der Waals surface area contributed by atoms with Crippen LogP contribution in [0, 0.1) is 18.6 Å². The van der Waals surface area contributed by atoms with Gasteiger partial charge in [-0.15, -0.1) is 0 Å². The monoisotopic (exact) mass is 293 g/mol. The molecule has 3 heteroatoms. The lowest BCUT2D eigenvalue weighted by Crippen LogP contribution is -1.95.